The minimum Gasteiger partial charge on any atom is -0.338 e. The van der Waals surface area contributed by atoms with E-state index in [1.807, 2.05) is 24.8 Å². The van der Waals surface area contributed by atoms with Crippen molar-refractivity contribution in [2.45, 2.75) is 25.1 Å². The van der Waals surface area contributed by atoms with Crippen molar-refractivity contribution in [3.05, 3.63) is 22.9 Å². The van der Waals surface area contributed by atoms with Crippen LogP contribution in [-0.4, -0.2) is 43.1 Å². The maximum absolute atomic E-state index is 12.0. The summed E-state index contributed by atoms with van der Waals surface area (Å²) in [6.07, 6.45) is 1.29. The number of thioether (sulfide) groups is 1. The quantitative estimate of drug-likeness (QED) is 0.794. The molecule has 0 aromatic carbocycles. The lowest BCUT2D eigenvalue weighted by Crippen LogP contribution is -2.47. The summed E-state index contributed by atoms with van der Waals surface area (Å²) in [7, 11) is -3.15. The second-order valence-corrected chi connectivity index (χ2v) is 8.69. The number of halogens is 1. The van der Waals surface area contributed by atoms with E-state index in [0.717, 1.165) is 28.4 Å². The van der Waals surface area contributed by atoms with Crippen LogP contribution in [0.2, 0.25) is 0 Å². The van der Waals surface area contributed by atoms with Crippen molar-refractivity contribution >= 4 is 39.0 Å². The van der Waals surface area contributed by atoms with Crippen LogP contribution in [0, 0.1) is 13.8 Å². The van der Waals surface area contributed by atoms with E-state index in [9.17, 15) is 8.42 Å². The molecule has 2 rings (SSSR count). The number of hydrogen-bond acceptors (Lipinski definition) is 5. The fourth-order valence-corrected chi connectivity index (χ4v) is 5.57. The Labute approximate surface area is 129 Å². The molecule has 0 aliphatic carbocycles. The lowest BCUT2D eigenvalue weighted by molar-refractivity contribution is 0.583. The Bertz CT molecular complexity index is 605. The summed E-state index contributed by atoms with van der Waals surface area (Å²) in [4.78, 5) is 6.47. The van der Waals surface area contributed by atoms with E-state index in [1.165, 1.54) is 6.26 Å². The van der Waals surface area contributed by atoms with Crippen LogP contribution >= 0.6 is 23.4 Å². The zero-order valence-electron chi connectivity index (χ0n) is 11.9. The summed E-state index contributed by atoms with van der Waals surface area (Å²) in [5.74, 6) is 2.56. The van der Waals surface area contributed by atoms with Crippen LogP contribution in [0.4, 0.5) is 5.82 Å². The molecule has 0 spiro atoms. The third-order valence-electron chi connectivity index (χ3n) is 3.44. The van der Waals surface area contributed by atoms with E-state index < -0.39 is 15.2 Å². The highest BCUT2D eigenvalue weighted by molar-refractivity contribution is 8.01. The van der Waals surface area contributed by atoms with Crippen LogP contribution < -0.4 is 4.90 Å². The van der Waals surface area contributed by atoms with Crippen molar-refractivity contribution in [1.82, 2.24) is 4.98 Å². The summed E-state index contributed by atoms with van der Waals surface area (Å²) >= 11 is 7.72. The molecule has 1 aromatic heterocycles. The van der Waals surface area contributed by atoms with Gasteiger partial charge in [0.1, 0.15) is 11.2 Å². The molecule has 2 heterocycles. The van der Waals surface area contributed by atoms with Gasteiger partial charge in [0.2, 0.25) is 0 Å². The minimum atomic E-state index is -3.15. The minimum absolute atomic E-state index is 0.342. The van der Waals surface area contributed by atoms with Crippen LogP contribution in [0.15, 0.2) is 6.07 Å². The summed E-state index contributed by atoms with van der Waals surface area (Å²) in [5.41, 5.74) is 2.88. The van der Waals surface area contributed by atoms with E-state index in [2.05, 4.69) is 4.98 Å². The molecule has 1 unspecified atom stereocenters. The molecule has 1 aliphatic rings. The molecule has 4 nitrogen and oxygen atoms in total. The van der Waals surface area contributed by atoms with Crippen LogP contribution in [-0.2, 0) is 15.7 Å². The number of alkyl halides is 1. The molecule has 0 amide bonds. The van der Waals surface area contributed by atoms with Gasteiger partial charge in [-0.25, -0.2) is 13.4 Å². The fraction of sp³-hybridized carbons (Fsp3) is 0.615. The smallest absolute Gasteiger partial charge is 0.169 e. The Kier molecular flexibility index (Phi) is 4.87. The van der Waals surface area contributed by atoms with Gasteiger partial charge in [-0.3, -0.25) is 0 Å². The van der Waals surface area contributed by atoms with Gasteiger partial charge in [0.05, 0.1) is 5.88 Å². The molecular formula is C13H19ClN2O2S2. The number of aryl methyl sites for hydroxylation is 2. The zero-order chi connectivity index (χ0) is 14.9. The number of hydrogen-bond donors (Lipinski definition) is 0. The average Bonchev–Trinajstić information content (AvgIpc) is 2.37. The standard InChI is InChI=1S/C13H19ClN2O2S2/c1-9-6-10(2)15-13(11(9)7-14)16-4-5-19-8-12(16)20(3,17)18/h6,12H,4-5,7-8H2,1-3H3. The van der Waals surface area contributed by atoms with Gasteiger partial charge in [-0.05, 0) is 25.5 Å². The molecule has 112 valence electrons. The summed E-state index contributed by atoms with van der Waals surface area (Å²) < 4.78 is 24.0. The van der Waals surface area contributed by atoms with Crippen LogP contribution in [0.25, 0.3) is 0 Å². The van der Waals surface area contributed by atoms with Gasteiger partial charge >= 0.3 is 0 Å². The van der Waals surface area contributed by atoms with Crippen molar-refractivity contribution in [2.75, 3.05) is 29.2 Å². The Morgan fingerprint density at radius 3 is 2.80 bits per heavy atom. The van der Waals surface area contributed by atoms with E-state index in [1.54, 1.807) is 11.8 Å². The largest absolute Gasteiger partial charge is 0.338 e. The molecular weight excluding hydrogens is 316 g/mol. The van der Waals surface area contributed by atoms with Crippen molar-refractivity contribution < 1.29 is 8.42 Å². The maximum Gasteiger partial charge on any atom is 0.169 e. The lowest BCUT2D eigenvalue weighted by atomic mass is 10.1. The first kappa shape index (κ1) is 15.9. The Morgan fingerprint density at radius 1 is 1.50 bits per heavy atom. The first-order valence-corrected chi connectivity index (χ1v) is 10.1. The molecule has 1 atom stereocenters. The van der Waals surface area contributed by atoms with Crippen molar-refractivity contribution in [1.29, 1.82) is 0 Å². The normalized spacial score (nSPS) is 20.2. The topological polar surface area (TPSA) is 50.3 Å². The molecule has 0 N–H and O–H groups in total. The van der Waals surface area contributed by atoms with Crippen molar-refractivity contribution in [2.24, 2.45) is 0 Å². The monoisotopic (exact) mass is 334 g/mol. The number of aromatic nitrogens is 1. The second-order valence-electron chi connectivity index (χ2n) is 5.07. The van der Waals surface area contributed by atoms with E-state index in [4.69, 9.17) is 11.6 Å². The highest BCUT2D eigenvalue weighted by Gasteiger charge is 2.33. The van der Waals surface area contributed by atoms with Gasteiger partial charge in [-0.2, -0.15) is 11.8 Å². The first-order valence-electron chi connectivity index (χ1n) is 6.41. The first-order chi connectivity index (χ1) is 9.34. The predicted molar refractivity (Wildman–Crippen MR) is 86.6 cm³/mol. The number of nitrogens with zero attached hydrogens (tertiary/aromatic N) is 2. The Balaban J connectivity index is 2.53. The third kappa shape index (κ3) is 3.23. The Morgan fingerprint density at radius 2 is 2.20 bits per heavy atom. The van der Waals surface area contributed by atoms with Gasteiger partial charge in [-0.1, -0.05) is 0 Å². The van der Waals surface area contributed by atoms with Gasteiger partial charge in [0.15, 0.2) is 9.84 Å². The fourth-order valence-electron chi connectivity index (χ4n) is 2.42. The predicted octanol–water partition coefficient (Wildman–Crippen LogP) is 2.36. The van der Waals surface area contributed by atoms with Crippen LogP contribution in [0.1, 0.15) is 16.8 Å². The summed E-state index contributed by atoms with van der Waals surface area (Å²) in [6, 6.07) is 1.98. The second kappa shape index (κ2) is 6.12. The Hall–Kier alpha value is -0.460. The van der Waals surface area contributed by atoms with E-state index >= 15 is 0 Å². The van der Waals surface area contributed by atoms with E-state index in [0.29, 0.717) is 18.2 Å². The third-order valence-corrected chi connectivity index (χ3v) is 6.35. The number of anilines is 1. The molecule has 1 fully saturated rings. The van der Waals surface area contributed by atoms with Gasteiger partial charge in [-0.15, -0.1) is 11.6 Å². The van der Waals surface area contributed by atoms with Gasteiger partial charge in [0, 0.05) is 35.6 Å². The molecule has 7 heteroatoms. The lowest BCUT2D eigenvalue weighted by Gasteiger charge is -2.36. The molecule has 0 bridgehead atoms. The molecule has 1 aliphatic heterocycles. The number of pyridine rings is 1. The van der Waals surface area contributed by atoms with Crippen molar-refractivity contribution in [3.63, 3.8) is 0 Å². The van der Waals surface area contributed by atoms with Crippen molar-refractivity contribution in [3.8, 4) is 0 Å². The molecule has 1 saturated heterocycles. The molecule has 0 saturated carbocycles. The van der Waals surface area contributed by atoms with Gasteiger partial charge < -0.3 is 4.90 Å². The highest BCUT2D eigenvalue weighted by atomic mass is 35.5. The number of sulfone groups is 1. The zero-order valence-corrected chi connectivity index (χ0v) is 14.3. The van der Waals surface area contributed by atoms with E-state index in [-0.39, 0.29) is 0 Å². The summed E-state index contributed by atoms with van der Waals surface area (Å²) in [5, 5.41) is -0.517. The average molecular weight is 335 g/mol. The molecule has 0 radical (unpaired) electrons. The number of rotatable bonds is 3. The SMILES string of the molecule is Cc1cc(C)c(CCl)c(N2CCSCC2S(C)(=O)=O)n1. The van der Waals surface area contributed by atoms with Crippen LogP contribution in [0.5, 0.6) is 0 Å². The maximum atomic E-state index is 12.0. The molecule has 20 heavy (non-hydrogen) atoms. The van der Waals surface area contributed by atoms with Gasteiger partial charge in [0.25, 0.3) is 0 Å². The molecule has 1 aromatic rings. The highest BCUT2D eigenvalue weighted by Crippen LogP contribution is 2.30. The summed E-state index contributed by atoms with van der Waals surface area (Å²) in [6.45, 7) is 4.59. The van der Waals surface area contributed by atoms with Crippen LogP contribution in [0.3, 0.4) is 0 Å².